The molecule has 0 atom stereocenters. The van der Waals surface area contributed by atoms with Gasteiger partial charge in [0.15, 0.2) is 0 Å². The molecule has 0 aromatic heterocycles. The fraction of sp³-hybridized carbons (Fsp3) is 0.0714. The zero-order chi connectivity index (χ0) is 14.7. The highest BCUT2D eigenvalue weighted by Crippen LogP contribution is 2.26. The summed E-state index contributed by atoms with van der Waals surface area (Å²) in [5.41, 5.74) is 7.13. The maximum Gasteiger partial charge on any atom is 0.259 e. The van der Waals surface area contributed by atoms with Crippen molar-refractivity contribution in [1.29, 1.82) is 0 Å². The van der Waals surface area contributed by atoms with Crippen LogP contribution in [0.25, 0.3) is 0 Å². The van der Waals surface area contributed by atoms with Crippen molar-refractivity contribution in [3.05, 3.63) is 51.5 Å². The first-order valence-corrected chi connectivity index (χ1v) is 6.88. The van der Waals surface area contributed by atoms with E-state index >= 15 is 0 Å². The summed E-state index contributed by atoms with van der Waals surface area (Å²) in [6.07, 6.45) is 0. The molecule has 2 aromatic carbocycles. The number of nitrogens with one attached hydrogen (secondary N) is 1. The molecular formula is C14H12BrClN2O2. The van der Waals surface area contributed by atoms with Crippen LogP contribution < -0.4 is 15.8 Å². The number of rotatable bonds is 3. The maximum atomic E-state index is 12.3. The van der Waals surface area contributed by atoms with Crippen LogP contribution in [-0.2, 0) is 0 Å². The predicted molar refractivity (Wildman–Crippen MR) is 84.5 cm³/mol. The van der Waals surface area contributed by atoms with Gasteiger partial charge in [0.05, 0.1) is 24.0 Å². The van der Waals surface area contributed by atoms with Crippen LogP contribution in [0.4, 0.5) is 11.4 Å². The molecule has 0 heterocycles. The lowest BCUT2D eigenvalue weighted by atomic mass is 10.1. The van der Waals surface area contributed by atoms with Gasteiger partial charge >= 0.3 is 0 Å². The number of nitrogens with two attached hydrogens (primary N) is 1. The second kappa shape index (κ2) is 6.15. The van der Waals surface area contributed by atoms with Gasteiger partial charge in [-0.15, -0.1) is 0 Å². The van der Waals surface area contributed by atoms with Crippen molar-refractivity contribution in [2.75, 3.05) is 18.2 Å². The van der Waals surface area contributed by atoms with E-state index in [1.807, 2.05) is 0 Å². The Balaban J connectivity index is 2.30. The van der Waals surface area contributed by atoms with Crippen molar-refractivity contribution >= 4 is 44.8 Å². The number of carbonyl (C=O) groups is 1. The van der Waals surface area contributed by atoms with E-state index in [4.69, 9.17) is 22.1 Å². The molecule has 2 aromatic rings. The van der Waals surface area contributed by atoms with Gasteiger partial charge in [-0.3, -0.25) is 4.79 Å². The van der Waals surface area contributed by atoms with Crippen LogP contribution in [-0.4, -0.2) is 13.0 Å². The van der Waals surface area contributed by atoms with Gasteiger partial charge in [0, 0.05) is 9.50 Å². The average Bonchev–Trinajstić information content (AvgIpc) is 2.41. The quantitative estimate of drug-likeness (QED) is 0.820. The van der Waals surface area contributed by atoms with E-state index in [0.29, 0.717) is 27.7 Å². The SMILES string of the molecule is COc1ccc(Br)cc1C(=O)Nc1ccc(Cl)cc1N. The standard InChI is InChI=1S/C14H12BrClN2O2/c1-20-13-5-2-8(15)6-10(13)14(19)18-12-4-3-9(16)7-11(12)17/h2-7H,17H2,1H3,(H,18,19). The average molecular weight is 356 g/mol. The highest BCUT2D eigenvalue weighted by molar-refractivity contribution is 9.10. The Bertz CT molecular complexity index is 662. The number of hydrogen-bond acceptors (Lipinski definition) is 3. The number of carbonyl (C=O) groups excluding carboxylic acids is 1. The third-order valence-corrected chi connectivity index (χ3v) is 3.40. The fourth-order valence-corrected chi connectivity index (χ4v) is 2.24. The largest absolute Gasteiger partial charge is 0.496 e. The van der Waals surface area contributed by atoms with E-state index < -0.39 is 0 Å². The summed E-state index contributed by atoms with van der Waals surface area (Å²) < 4.78 is 5.96. The molecule has 3 N–H and O–H groups in total. The lowest BCUT2D eigenvalue weighted by molar-refractivity contribution is 0.102. The molecule has 0 bridgehead atoms. The molecule has 0 saturated heterocycles. The summed E-state index contributed by atoms with van der Waals surface area (Å²) in [6.45, 7) is 0. The summed E-state index contributed by atoms with van der Waals surface area (Å²) in [5, 5.41) is 3.25. The third kappa shape index (κ3) is 3.23. The number of benzene rings is 2. The lowest BCUT2D eigenvalue weighted by Gasteiger charge is -2.11. The molecule has 104 valence electrons. The van der Waals surface area contributed by atoms with Gasteiger partial charge in [-0.1, -0.05) is 27.5 Å². The number of halogens is 2. The van der Waals surface area contributed by atoms with Gasteiger partial charge in [-0.05, 0) is 36.4 Å². The molecule has 0 aliphatic rings. The Morgan fingerprint density at radius 2 is 2.05 bits per heavy atom. The first-order chi connectivity index (χ1) is 9.51. The molecule has 0 saturated carbocycles. The Labute approximate surface area is 130 Å². The summed E-state index contributed by atoms with van der Waals surface area (Å²) in [4.78, 5) is 12.3. The topological polar surface area (TPSA) is 64.3 Å². The third-order valence-electron chi connectivity index (χ3n) is 2.67. The molecular weight excluding hydrogens is 344 g/mol. The van der Waals surface area contributed by atoms with Gasteiger partial charge in [0.25, 0.3) is 5.91 Å². The highest BCUT2D eigenvalue weighted by Gasteiger charge is 2.14. The minimum Gasteiger partial charge on any atom is -0.496 e. The molecule has 1 amide bonds. The van der Waals surface area contributed by atoms with Crippen molar-refractivity contribution in [2.24, 2.45) is 0 Å². The van der Waals surface area contributed by atoms with Crippen LogP contribution >= 0.6 is 27.5 Å². The monoisotopic (exact) mass is 354 g/mol. The van der Waals surface area contributed by atoms with Crippen molar-refractivity contribution in [1.82, 2.24) is 0 Å². The summed E-state index contributed by atoms with van der Waals surface area (Å²) in [6, 6.07) is 10.1. The number of anilines is 2. The van der Waals surface area contributed by atoms with E-state index in [1.54, 1.807) is 36.4 Å². The fourth-order valence-electron chi connectivity index (χ4n) is 1.69. The molecule has 0 aliphatic heterocycles. The second-order valence-electron chi connectivity index (χ2n) is 4.03. The van der Waals surface area contributed by atoms with Crippen molar-refractivity contribution in [2.45, 2.75) is 0 Å². The zero-order valence-corrected chi connectivity index (χ0v) is 13.0. The van der Waals surface area contributed by atoms with Crippen LogP contribution in [0.5, 0.6) is 5.75 Å². The predicted octanol–water partition coefficient (Wildman–Crippen LogP) is 3.95. The normalized spacial score (nSPS) is 10.2. The molecule has 0 spiro atoms. The minimum absolute atomic E-state index is 0.308. The number of methoxy groups -OCH3 is 1. The van der Waals surface area contributed by atoms with E-state index in [9.17, 15) is 4.79 Å². The molecule has 2 rings (SSSR count). The van der Waals surface area contributed by atoms with Gasteiger partial charge < -0.3 is 15.8 Å². The van der Waals surface area contributed by atoms with Crippen LogP contribution in [0.15, 0.2) is 40.9 Å². The second-order valence-corrected chi connectivity index (χ2v) is 5.38. The maximum absolute atomic E-state index is 12.3. The molecule has 0 unspecified atom stereocenters. The number of amides is 1. The zero-order valence-electron chi connectivity index (χ0n) is 10.6. The van der Waals surface area contributed by atoms with Crippen molar-refractivity contribution in [3.8, 4) is 5.75 Å². The lowest BCUT2D eigenvalue weighted by Crippen LogP contribution is -2.14. The molecule has 0 aliphatic carbocycles. The molecule has 20 heavy (non-hydrogen) atoms. The Morgan fingerprint density at radius 1 is 1.30 bits per heavy atom. The number of nitrogen functional groups attached to an aromatic ring is 1. The molecule has 6 heteroatoms. The molecule has 4 nitrogen and oxygen atoms in total. The summed E-state index contributed by atoms with van der Waals surface area (Å²) >= 11 is 9.15. The van der Waals surface area contributed by atoms with Gasteiger partial charge in [-0.2, -0.15) is 0 Å². The Morgan fingerprint density at radius 3 is 2.70 bits per heavy atom. The Kier molecular flexibility index (Phi) is 4.52. The molecule has 0 radical (unpaired) electrons. The van der Waals surface area contributed by atoms with E-state index in [-0.39, 0.29) is 5.91 Å². The van der Waals surface area contributed by atoms with Gasteiger partial charge in [0.1, 0.15) is 5.75 Å². The highest BCUT2D eigenvalue weighted by atomic mass is 79.9. The van der Waals surface area contributed by atoms with Crippen LogP contribution in [0.3, 0.4) is 0 Å². The van der Waals surface area contributed by atoms with E-state index in [0.717, 1.165) is 4.47 Å². The summed E-state index contributed by atoms with van der Waals surface area (Å²) in [7, 11) is 1.51. The first-order valence-electron chi connectivity index (χ1n) is 5.71. The van der Waals surface area contributed by atoms with Gasteiger partial charge in [0.2, 0.25) is 0 Å². The number of hydrogen-bond donors (Lipinski definition) is 2. The summed E-state index contributed by atoms with van der Waals surface area (Å²) in [5.74, 6) is 0.176. The Hall–Kier alpha value is -1.72. The van der Waals surface area contributed by atoms with Crippen LogP contribution in [0.1, 0.15) is 10.4 Å². The van der Waals surface area contributed by atoms with Crippen LogP contribution in [0.2, 0.25) is 5.02 Å². The first kappa shape index (κ1) is 14.7. The van der Waals surface area contributed by atoms with Gasteiger partial charge in [-0.25, -0.2) is 0 Å². The van der Waals surface area contributed by atoms with Crippen molar-refractivity contribution in [3.63, 3.8) is 0 Å². The number of ether oxygens (including phenoxy) is 1. The smallest absolute Gasteiger partial charge is 0.259 e. The van der Waals surface area contributed by atoms with Crippen LogP contribution in [0, 0.1) is 0 Å². The minimum atomic E-state index is -0.308. The van der Waals surface area contributed by atoms with Crippen molar-refractivity contribution < 1.29 is 9.53 Å². The van der Waals surface area contributed by atoms with E-state index in [1.165, 1.54) is 7.11 Å². The van der Waals surface area contributed by atoms with E-state index in [2.05, 4.69) is 21.2 Å². The molecule has 0 fully saturated rings.